The van der Waals surface area contributed by atoms with Crippen LogP contribution in [0.15, 0.2) is 101 Å². The maximum absolute atomic E-state index is 13.1. The molecule has 234 valence electrons. The first-order valence-corrected chi connectivity index (χ1v) is 14.7. The van der Waals surface area contributed by atoms with Crippen molar-refractivity contribution >= 4 is 56.9 Å². The molecule has 0 bridgehead atoms. The highest BCUT2D eigenvalue weighted by molar-refractivity contribution is 5.95. The number of rotatable bonds is 12. The van der Waals surface area contributed by atoms with Gasteiger partial charge in [0.1, 0.15) is 12.3 Å². The highest BCUT2D eigenvalue weighted by Gasteiger charge is 2.14. The second kappa shape index (κ2) is 14.2. The summed E-state index contributed by atoms with van der Waals surface area (Å²) in [5, 5.41) is 18.9. The lowest BCUT2D eigenvalue weighted by Gasteiger charge is -2.22. The van der Waals surface area contributed by atoms with E-state index in [0.717, 1.165) is 18.8 Å². The lowest BCUT2D eigenvalue weighted by atomic mass is 10.1. The summed E-state index contributed by atoms with van der Waals surface area (Å²) in [5.41, 5.74) is 5.24. The number of hydrogen-bond donors (Lipinski definition) is 2. The van der Waals surface area contributed by atoms with E-state index in [1.54, 1.807) is 59.2 Å². The molecule has 2 N–H and O–H groups in total. The maximum atomic E-state index is 13.1. The first kappa shape index (κ1) is 31.4. The van der Waals surface area contributed by atoms with Gasteiger partial charge < -0.3 is 19.5 Å². The number of carbonyl (C=O) groups is 2. The molecule has 12 nitrogen and oxygen atoms in total. The molecule has 1 heterocycles. The van der Waals surface area contributed by atoms with Crippen LogP contribution in [-0.4, -0.2) is 47.2 Å². The number of nitrogens with zero attached hydrogens (tertiary/aromatic N) is 4. The minimum Gasteiger partial charge on any atom is -0.483 e. The third-order valence-corrected chi connectivity index (χ3v) is 7.40. The number of pyridine rings is 1. The zero-order valence-electron chi connectivity index (χ0n) is 25.3. The van der Waals surface area contributed by atoms with Gasteiger partial charge in [-0.15, -0.1) is 0 Å². The van der Waals surface area contributed by atoms with E-state index >= 15 is 0 Å². The molecule has 0 radical (unpaired) electrons. The molecule has 4 aromatic carbocycles. The van der Waals surface area contributed by atoms with Crippen LogP contribution in [0.4, 0.5) is 17.1 Å². The molecule has 0 fully saturated rings. The highest BCUT2D eigenvalue weighted by Crippen LogP contribution is 2.26. The fourth-order valence-electron chi connectivity index (χ4n) is 5.18. The molecule has 12 heteroatoms. The van der Waals surface area contributed by atoms with Gasteiger partial charge in [-0.05, 0) is 56.3 Å². The number of hydrazone groups is 1. The normalized spacial score (nSPS) is 11.1. The Morgan fingerprint density at radius 1 is 0.913 bits per heavy atom. The Labute approximate surface area is 264 Å². The van der Waals surface area contributed by atoms with Crippen molar-refractivity contribution in [2.75, 3.05) is 29.9 Å². The van der Waals surface area contributed by atoms with Crippen molar-refractivity contribution in [3.63, 3.8) is 0 Å². The van der Waals surface area contributed by atoms with Crippen molar-refractivity contribution in [3.05, 3.63) is 117 Å². The minimum atomic E-state index is -0.541. The van der Waals surface area contributed by atoms with Crippen molar-refractivity contribution in [1.29, 1.82) is 0 Å². The van der Waals surface area contributed by atoms with Crippen LogP contribution in [0, 0.1) is 10.1 Å². The molecular weight excluding hydrogens is 588 g/mol. The van der Waals surface area contributed by atoms with E-state index in [0.29, 0.717) is 33.1 Å². The molecule has 0 spiro atoms. The fraction of sp³-hybridized carbons (Fsp3) is 0.176. The SMILES string of the molecule is CCN(CC)c1ccc(/C=N\NC(=O)Cn2c3ccccc3c(=O)c3ccccc32)c(OCC(=O)Nc2cccc([N+](=O)[O-])c2)c1. The molecule has 46 heavy (non-hydrogen) atoms. The fourth-order valence-corrected chi connectivity index (χ4v) is 5.18. The summed E-state index contributed by atoms with van der Waals surface area (Å²) in [6, 6.07) is 25.4. The number of hydrogen-bond acceptors (Lipinski definition) is 8. The first-order valence-electron chi connectivity index (χ1n) is 14.7. The molecule has 0 saturated carbocycles. The van der Waals surface area contributed by atoms with Crippen LogP contribution in [-0.2, 0) is 16.1 Å². The van der Waals surface area contributed by atoms with Gasteiger partial charge in [0.15, 0.2) is 12.0 Å². The molecule has 0 unspecified atom stereocenters. The van der Waals surface area contributed by atoms with Crippen molar-refractivity contribution in [2.45, 2.75) is 20.4 Å². The number of nitrogens with one attached hydrogen (secondary N) is 2. The largest absolute Gasteiger partial charge is 0.483 e. The average Bonchev–Trinajstić information content (AvgIpc) is 3.07. The van der Waals surface area contributed by atoms with Gasteiger partial charge >= 0.3 is 0 Å². The molecule has 0 atom stereocenters. The number of carbonyl (C=O) groups excluding carboxylic acids is 2. The molecule has 0 saturated heterocycles. The van der Waals surface area contributed by atoms with Gasteiger partial charge in [0, 0.05) is 59.0 Å². The van der Waals surface area contributed by atoms with Crippen molar-refractivity contribution in [3.8, 4) is 5.75 Å². The number of anilines is 2. The van der Waals surface area contributed by atoms with E-state index in [2.05, 4.69) is 20.7 Å². The molecule has 5 rings (SSSR count). The van der Waals surface area contributed by atoms with Crippen LogP contribution in [0.5, 0.6) is 5.75 Å². The standard InChI is InChI=1S/C34H32N6O6/c1-3-38(4-2)25-17-16-23(31(19-25)46-22-33(42)36-24-10-9-11-26(18-24)40(44)45)20-35-37-32(41)21-39-29-14-7-5-12-27(29)34(43)28-13-6-8-15-30(28)39/h5-20H,3-4,21-22H2,1-2H3,(H,36,42)(H,37,41)/b35-20-. The van der Waals surface area contributed by atoms with Crippen LogP contribution in [0.3, 0.4) is 0 Å². The Balaban J connectivity index is 1.33. The number of non-ortho nitro benzene ring substituents is 1. The number of nitro groups is 1. The van der Waals surface area contributed by atoms with Gasteiger partial charge in [0.25, 0.3) is 17.5 Å². The van der Waals surface area contributed by atoms with Gasteiger partial charge in [-0.25, -0.2) is 5.43 Å². The third-order valence-electron chi connectivity index (χ3n) is 7.40. The zero-order valence-corrected chi connectivity index (χ0v) is 25.3. The van der Waals surface area contributed by atoms with Crippen molar-refractivity contribution in [1.82, 2.24) is 9.99 Å². The summed E-state index contributed by atoms with van der Waals surface area (Å²) < 4.78 is 7.66. The van der Waals surface area contributed by atoms with E-state index < -0.39 is 16.7 Å². The maximum Gasteiger partial charge on any atom is 0.271 e. The Morgan fingerprint density at radius 2 is 1.59 bits per heavy atom. The highest BCUT2D eigenvalue weighted by atomic mass is 16.6. The van der Waals surface area contributed by atoms with E-state index in [9.17, 15) is 24.5 Å². The van der Waals surface area contributed by atoms with E-state index in [4.69, 9.17) is 4.74 Å². The molecule has 0 aliphatic heterocycles. The van der Waals surface area contributed by atoms with Crippen molar-refractivity contribution in [2.24, 2.45) is 5.10 Å². The van der Waals surface area contributed by atoms with E-state index in [1.165, 1.54) is 24.4 Å². The van der Waals surface area contributed by atoms with Crippen molar-refractivity contribution < 1.29 is 19.2 Å². The molecule has 2 amide bonds. The summed E-state index contributed by atoms with van der Waals surface area (Å²) in [6.07, 6.45) is 1.43. The van der Waals surface area contributed by atoms with Gasteiger partial charge in [-0.1, -0.05) is 30.3 Å². The number of nitro benzene ring substituents is 1. The van der Waals surface area contributed by atoms with E-state index in [-0.39, 0.29) is 30.0 Å². The molecular formula is C34H32N6O6. The van der Waals surface area contributed by atoms with E-state index in [1.807, 2.05) is 32.0 Å². The third kappa shape index (κ3) is 7.02. The molecule has 1 aromatic heterocycles. The molecule has 0 aliphatic rings. The topological polar surface area (TPSA) is 148 Å². The van der Waals surface area contributed by atoms with Crippen LogP contribution in [0.2, 0.25) is 0 Å². The second-order valence-corrected chi connectivity index (χ2v) is 10.3. The summed E-state index contributed by atoms with van der Waals surface area (Å²) in [4.78, 5) is 51.4. The summed E-state index contributed by atoms with van der Waals surface area (Å²) in [6.45, 7) is 5.10. The van der Waals surface area contributed by atoms with Crippen LogP contribution >= 0.6 is 0 Å². The molecule has 5 aromatic rings. The van der Waals surface area contributed by atoms with Gasteiger partial charge in [-0.2, -0.15) is 5.10 Å². The quantitative estimate of drug-likeness (QED) is 0.0856. The average molecular weight is 621 g/mol. The number of aromatic nitrogens is 1. The minimum absolute atomic E-state index is 0.0826. The Kier molecular flexibility index (Phi) is 9.66. The van der Waals surface area contributed by atoms with Crippen LogP contribution in [0.25, 0.3) is 21.8 Å². The number of ether oxygens (including phenoxy) is 1. The first-order chi connectivity index (χ1) is 22.3. The second-order valence-electron chi connectivity index (χ2n) is 10.3. The summed E-state index contributed by atoms with van der Waals surface area (Å²) in [5.74, 6) is -0.562. The number of para-hydroxylation sites is 2. The zero-order chi connectivity index (χ0) is 32.6. The van der Waals surface area contributed by atoms with Crippen LogP contribution < -0.4 is 25.8 Å². The summed E-state index contributed by atoms with van der Waals surface area (Å²) >= 11 is 0. The lowest BCUT2D eigenvalue weighted by Crippen LogP contribution is -2.25. The monoisotopic (exact) mass is 620 g/mol. The Hall–Kier alpha value is -6.04. The van der Waals surface area contributed by atoms with Crippen LogP contribution in [0.1, 0.15) is 19.4 Å². The summed E-state index contributed by atoms with van der Waals surface area (Å²) in [7, 11) is 0. The van der Waals surface area contributed by atoms with Gasteiger partial charge in [0.05, 0.1) is 22.2 Å². The lowest BCUT2D eigenvalue weighted by molar-refractivity contribution is -0.384. The molecule has 0 aliphatic carbocycles. The number of amides is 2. The Morgan fingerprint density at radius 3 is 2.24 bits per heavy atom. The smallest absolute Gasteiger partial charge is 0.271 e. The number of benzene rings is 4. The van der Waals surface area contributed by atoms with Gasteiger partial charge in [0.2, 0.25) is 0 Å². The Bertz CT molecular complexity index is 1960. The predicted octanol–water partition coefficient (Wildman–Crippen LogP) is 5.08. The van der Waals surface area contributed by atoms with Gasteiger partial charge in [-0.3, -0.25) is 24.5 Å². The number of fused-ring (bicyclic) bond motifs is 2. The predicted molar refractivity (Wildman–Crippen MR) is 179 cm³/mol.